The Morgan fingerprint density at radius 3 is 2.54 bits per heavy atom. The molecular weight excluding hydrogens is 308 g/mol. The number of carboxylic acids is 1. The predicted molar refractivity (Wildman–Crippen MR) is 88.9 cm³/mol. The van der Waals surface area contributed by atoms with Crippen LogP contribution in [-0.4, -0.2) is 45.2 Å². The van der Waals surface area contributed by atoms with Crippen molar-refractivity contribution in [2.45, 2.75) is 38.1 Å². The van der Waals surface area contributed by atoms with Gasteiger partial charge in [0.15, 0.2) is 0 Å². The summed E-state index contributed by atoms with van der Waals surface area (Å²) in [6, 6.07) is 7.07. The number of nitrogens with zero attached hydrogens (tertiary/aromatic N) is 1. The van der Waals surface area contributed by atoms with Crippen LogP contribution in [0.3, 0.4) is 0 Å². The molecule has 2 aromatic rings. The van der Waals surface area contributed by atoms with Crippen LogP contribution in [0.15, 0.2) is 30.5 Å². The first-order valence-corrected chi connectivity index (χ1v) is 8.21. The number of nitrogens with one attached hydrogen (secondary N) is 1. The molecule has 0 bridgehead atoms. The zero-order chi connectivity index (χ0) is 17.1. The summed E-state index contributed by atoms with van der Waals surface area (Å²) in [5, 5.41) is 9.81. The van der Waals surface area contributed by atoms with Gasteiger partial charge in [-0.1, -0.05) is 37.5 Å². The molecule has 0 saturated heterocycles. The smallest absolute Gasteiger partial charge is 0.323 e. The molecule has 1 saturated carbocycles. The summed E-state index contributed by atoms with van der Waals surface area (Å²) in [7, 11) is 0. The number of rotatable bonds is 5. The van der Waals surface area contributed by atoms with Crippen molar-refractivity contribution in [2.75, 3.05) is 6.54 Å². The van der Waals surface area contributed by atoms with E-state index in [1.165, 1.54) is 11.1 Å². The van der Waals surface area contributed by atoms with E-state index in [9.17, 15) is 14.4 Å². The number of hydrogen-bond acceptors (Lipinski definition) is 3. The fraction of sp³-hybridized carbons (Fsp3) is 0.389. The molecule has 0 aliphatic heterocycles. The second-order valence-corrected chi connectivity index (χ2v) is 6.20. The fourth-order valence-corrected chi connectivity index (χ4v) is 3.41. The number of ketones is 1. The molecule has 1 aromatic carbocycles. The van der Waals surface area contributed by atoms with Gasteiger partial charge >= 0.3 is 5.97 Å². The minimum absolute atomic E-state index is 0.170. The molecule has 3 rings (SSSR count). The lowest BCUT2D eigenvalue weighted by atomic mass is 9.93. The lowest BCUT2D eigenvalue weighted by Crippen LogP contribution is -2.47. The molecule has 1 aliphatic rings. The maximum atomic E-state index is 12.7. The van der Waals surface area contributed by atoms with E-state index in [4.69, 9.17) is 5.11 Å². The largest absolute Gasteiger partial charge is 0.480 e. The van der Waals surface area contributed by atoms with Crippen molar-refractivity contribution in [1.29, 1.82) is 0 Å². The van der Waals surface area contributed by atoms with Gasteiger partial charge in [0.05, 0.1) is 5.56 Å². The standard InChI is InChI=1S/C18H20N2O4/c21-16(22)11-20(12-6-2-1-3-7-12)18(24)17(23)14-10-19-15-9-5-4-8-13(14)15/h4-5,8-10,12,19H,1-3,6-7,11H2,(H,21,22). The maximum absolute atomic E-state index is 12.7. The minimum atomic E-state index is -1.10. The molecule has 1 amide bonds. The van der Waals surface area contributed by atoms with Crippen LogP contribution in [0, 0.1) is 0 Å². The second kappa shape index (κ2) is 6.86. The van der Waals surface area contributed by atoms with Crippen molar-refractivity contribution in [3.8, 4) is 0 Å². The van der Waals surface area contributed by atoms with E-state index in [1.54, 1.807) is 12.1 Å². The van der Waals surface area contributed by atoms with Crippen LogP contribution < -0.4 is 0 Å². The third-order valence-electron chi connectivity index (χ3n) is 4.61. The number of aliphatic carboxylic acids is 1. The van der Waals surface area contributed by atoms with E-state index in [1.807, 2.05) is 12.1 Å². The van der Waals surface area contributed by atoms with Crippen LogP contribution >= 0.6 is 0 Å². The van der Waals surface area contributed by atoms with Crippen LogP contribution in [0.1, 0.15) is 42.5 Å². The van der Waals surface area contributed by atoms with Crippen LogP contribution in [-0.2, 0) is 9.59 Å². The number of carbonyl (C=O) groups excluding carboxylic acids is 2. The molecule has 0 spiro atoms. The highest BCUT2D eigenvalue weighted by Crippen LogP contribution is 2.24. The first kappa shape index (κ1) is 16.2. The van der Waals surface area contributed by atoms with Gasteiger partial charge in [0.2, 0.25) is 0 Å². The van der Waals surface area contributed by atoms with Gasteiger partial charge < -0.3 is 15.0 Å². The molecule has 1 heterocycles. The third kappa shape index (κ3) is 3.18. The lowest BCUT2D eigenvalue weighted by Gasteiger charge is -2.32. The van der Waals surface area contributed by atoms with E-state index in [0.717, 1.165) is 37.6 Å². The van der Waals surface area contributed by atoms with Gasteiger partial charge in [-0.25, -0.2) is 0 Å². The first-order chi connectivity index (χ1) is 11.6. The van der Waals surface area contributed by atoms with Crippen molar-refractivity contribution in [1.82, 2.24) is 9.88 Å². The number of benzene rings is 1. The Morgan fingerprint density at radius 1 is 1.12 bits per heavy atom. The average molecular weight is 328 g/mol. The number of carboxylic acid groups (broad SMARTS) is 1. The minimum Gasteiger partial charge on any atom is -0.480 e. The maximum Gasteiger partial charge on any atom is 0.323 e. The molecule has 126 valence electrons. The zero-order valence-electron chi connectivity index (χ0n) is 13.3. The SMILES string of the molecule is O=C(O)CN(C(=O)C(=O)c1c[nH]c2ccccc12)C1CCCCC1. The van der Waals surface area contributed by atoms with Crippen LogP contribution in [0.5, 0.6) is 0 Å². The molecule has 6 nitrogen and oxygen atoms in total. The summed E-state index contributed by atoms with van der Waals surface area (Å²) in [6.45, 7) is -0.433. The van der Waals surface area contributed by atoms with E-state index in [2.05, 4.69) is 4.98 Å². The topological polar surface area (TPSA) is 90.5 Å². The normalized spacial score (nSPS) is 15.3. The van der Waals surface area contributed by atoms with Crippen molar-refractivity contribution in [3.05, 3.63) is 36.0 Å². The summed E-state index contributed by atoms with van der Waals surface area (Å²) in [4.78, 5) is 40.8. The van der Waals surface area contributed by atoms with Gasteiger partial charge in [-0.05, 0) is 18.9 Å². The van der Waals surface area contributed by atoms with E-state index >= 15 is 0 Å². The van der Waals surface area contributed by atoms with Gasteiger partial charge in [0.25, 0.3) is 11.7 Å². The van der Waals surface area contributed by atoms with Crippen molar-refractivity contribution in [2.24, 2.45) is 0 Å². The lowest BCUT2D eigenvalue weighted by molar-refractivity contribution is -0.144. The van der Waals surface area contributed by atoms with Gasteiger partial charge in [-0.3, -0.25) is 14.4 Å². The third-order valence-corrected chi connectivity index (χ3v) is 4.61. The van der Waals surface area contributed by atoms with Crippen LogP contribution in [0.4, 0.5) is 0 Å². The molecule has 1 fully saturated rings. The summed E-state index contributed by atoms with van der Waals surface area (Å²) in [5.41, 5.74) is 1.07. The fourth-order valence-electron chi connectivity index (χ4n) is 3.41. The van der Waals surface area contributed by atoms with Crippen molar-refractivity contribution in [3.63, 3.8) is 0 Å². The quantitative estimate of drug-likeness (QED) is 0.652. The summed E-state index contributed by atoms with van der Waals surface area (Å²) < 4.78 is 0. The van der Waals surface area contributed by atoms with Gasteiger partial charge in [0.1, 0.15) is 6.54 Å². The Hall–Kier alpha value is -2.63. The number of Topliss-reactive ketones (excluding diaryl/α,β-unsaturated/α-hetero) is 1. The number of aromatic nitrogens is 1. The van der Waals surface area contributed by atoms with Gasteiger partial charge in [-0.2, -0.15) is 0 Å². The number of aromatic amines is 1. The van der Waals surface area contributed by atoms with Crippen molar-refractivity contribution < 1.29 is 19.5 Å². The Balaban J connectivity index is 1.88. The first-order valence-electron chi connectivity index (χ1n) is 8.21. The highest BCUT2D eigenvalue weighted by atomic mass is 16.4. The Kier molecular flexibility index (Phi) is 4.64. The van der Waals surface area contributed by atoms with E-state index < -0.39 is 24.2 Å². The number of amides is 1. The number of para-hydroxylation sites is 1. The second-order valence-electron chi connectivity index (χ2n) is 6.20. The molecule has 2 N–H and O–H groups in total. The molecular formula is C18H20N2O4. The predicted octanol–water partition coefficient (Wildman–Crippen LogP) is 2.60. The van der Waals surface area contributed by atoms with E-state index in [0.29, 0.717) is 10.9 Å². The highest BCUT2D eigenvalue weighted by molar-refractivity contribution is 6.45. The molecule has 1 aromatic heterocycles. The zero-order valence-corrected chi connectivity index (χ0v) is 13.3. The Morgan fingerprint density at radius 2 is 1.83 bits per heavy atom. The number of carbonyl (C=O) groups is 3. The van der Waals surface area contributed by atoms with Crippen molar-refractivity contribution >= 4 is 28.6 Å². The summed E-state index contributed by atoms with van der Waals surface area (Å²) in [6.07, 6.45) is 6.01. The molecule has 0 radical (unpaired) electrons. The number of hydrogen-bond donors (Lipinski definition) is 2. The summed E-state index contributed by atoms with van der Waals surface area (Å²) in [5.74, 6) is -2.48. The van der Waals surface area contributed by atoms with Crippen LogP contribution in [0.25, 0.3) is 10.9 Å². The average Bonchev–Trinajstić information content (AvgIpc) is 3.03. The van der Waals surface area contributed by atoms with E-state index in [-0.39, 0.29) is 6.04 Å². The molecule has 1 aliphatic carbocycles. The highest BCUT2D eigenvalue weighted by Gasteiger charge is 2.32. The molecule has 0 atom stereocenters. The number of fused-ring (bicyclic) bond motifs is 1. The van der Waals surface area contributed by atoms with Crippen LogP contribution in [0.2, 0.25) is 0 Å². The number of H-pyrrole nitrogens is 1. The molecule has 6 heteroatoms. The Bertz CT molecular complexity index is 774. The summed E-state index contributed by atoms with van der Waals surface area (Å²) >= 11 is 0. The van der Waals surface area contributed by atoms with Gasteiger partial charge in [-0.15, -0.1) is 0 Å². The Labute approximate surface area is 139 Å². The monoisotopic (exact) mass is 328 g/mol. The molecule has 24 heavy (non-hydrogen) atoms. The van der Waals surface area contributed by atoms with Gasteiger partial charge in [0, 0.05) is 23.1 Å². The molecule has 0 unspecified atom stereocenters.